The lowest BCUT2D eigenvalue weighted by molar-refractivity contribution is 0.419. The number of benzene rings is 1. The molecule has 0 fully saturated rings. The number of rotatable bonds is 0. The molecule has 4 rings (SSSR count). The summed E-state index contributed by atoms with van der Waals surface area (Å²) < 4.78 is 6.25. The monoisotopic (exact) mass is 297 g/mol. The summed E-state index contributed by atoms with van der Waals surface area (Å²) in [6, 6.07) is 3.77. The Hall–Kier alpha value is -1.77. The Labute approximate surface area is 130 Å². The van der Waals surface area contributed by atoms with Gasteiger partial charge in [0.1, 0.15) is 11.3 Å². The third-order valence-corrected chi connectivity index (χ3v) is 4.95. The molecule has 0 atom stereocenters. The molecule has 0 radical (unpaired) electrons. The molecule has 3 heterocycles. The summed E-state index contributed by atoms with van der Waals surface area (Å²) in [5, 5.41) is 0.769. The van der Waals surface area contributed by atoms with Crippen molar-refractivity contribution in [2.75, 3.05) is 18.0 Å². The van der Waals surface area contributed by atoms with Crippen molar-refractivity contribution in [3.8, 4) is 0 Å². The number of hydrogen-bond acceptors (Lipinski definition) is 3. The van der Waals surface area contributed by atoms with Crippen molar-refractivity contribution in [2.45, 2.75) is 51.9 Å². The Balaban J connectivity index is 2.08. The summed E-state index contributed by atoms with van der Waals surface area (Å²) in [7, 11) is 0. The average molecular weight is 297 g/mol. The fraction of sp³-hybridized carbons (Fsp3) is 0.526. The van der Waals surface area contributed by atoms with Gasteiger partial charge >= 0.3 is 0 Å². The van der Waals surface area contributed by atoms with E-state index in [0.29, 0.717) is 0 Å². The Morgan fingerprint density at radius 1 is 1.09 bits per heavy atom. The zero-order valence-corrected chi connectivity index (χ0v) is 13.7. The summed E-state index contributed by atoms with van der Waals surface area (Å²) in [5.74, 6) is 0.786. The van der Waals surface area contributed by atoms with Gasteiger partial charge in [-0.2, -0.15) is 0 Å². The first-order chi connectivity index (χ1) is 10.4. The molecule has 0 aliphatic carbocycles. The molecule has 0 unspecified atom stereocenters. The highest BCUT2D eigenvalue weighted by atomic mass is 16.3. The minimum atomic E-state index is -0.148. The molecule has 2 aromatic rings. The van der Waals surface area contributed by atoms with E-state index >= 15 is 0 Å². The van der Waals surface area contributed by atoms with Crippen LogP contribution in [0.2, 0.25) is 0 Å². The molecule has 0 bridgehead atoms. The minimum absolute atomic E-state index is 0.105. The standard InChI is InChI=1S/C19H23NO2/c1-19(2,3)16-11-15(21)14-10-12-6-4-8-20-9-5-7-13(17(12)20)18(14)22-16/h10-11H,4-9H2,1-3H3. The Morgan fingerprint density at radius 3 is 2.55 bits per heavy atom. The highest BCUT2D eigenvalue weighted by Gasteiger charge is 2.28. The predicted octanol–water partition coefficient (Wildman–Crippen LogP) is 3.79. The summed E-state index contributed by atoms with van der Waals surface area (Å²) in [6.07, 6.45) is 4.43. The van der Waals surface area contributed by atoms with Gasteiger partial charge in [0.15, 0.2) is 5.43 Å². The van der Waals surface area contributed by atoms with Crippen LogP contribution in [0, 0.1) is 0 Å². The Kier molecular flexibility index (Phi) is 2.91. The van der Waals surface area contributed by atoms with Crippen molar-refractivity contribution in [1.29, 1.82) is 0 Å². The number of aryl methyl sites for hydroxylation is 2. The van der Waals surface area contributed by atoms with Crippen molar-refractivity contribution < 1.29 is 4.42 Å². The number of fused-ring (bicyclic) bond motifs is 2. The molecule has 2 aliphatic rings. The zero-order valence-electron chi connectivity index (χ0n) is 13.7. The van der Waals surface area contributed by atoms with Crippen LogP contribution in [-0.2, 0) is 18.3 Å². The van der Waals surface area contributed by atoms with Gasteiger partial charge in [-0.3, -0.25) is 4.79 Å². The second-order valence-corrected chi connectivity index (χ2v) is 7.66. The quantitative estimate of drug-likeness (QED) is 0.742. The molecular weight excluding hydrogens is 274 g/mol. The average Bonchev–Trinajstić information content (AvgIpc) is 2.47. The second-order valence-electron chi connectivity index (χ2n) is 7.66. The van der Waals surface area contributed by atoms with Gasteiger partial charge in [0.05, 0.1) is 5.39 Å². The van der Waals surface area contributed by atoms with Crippen molar-refractivity contribution in [3.05, 3.63) is 39.2 Å². The van der Waals surface area contributed by atoms with E-state index in [9.17, 15) is 4.79 Å². The maximum absolute atomic E-state index is 12.6. The molecule has 0 N–H and O–H groups in total. The summed E-state index contributed by atoms with van der Waals surface area (Å²) in [4.78, 5) is 15.1. The number of hydrogen-bond donors (Lipinski definition) is 0. The molecule has 2 aliphatic heterocycles. The van der Waals surface area contributed by atoms with Gasteiger partial charge in [-0.05, 0) is 37.3 Å². The molecule has 116 valence electrons. The van der Waals surface area contributed by atoms with Crippen LogP contribution in [0.3, 0.4) is 0 Å². The van der Waals surface area contributed by atoms with E-state index in [4.69, 9.17) is 4.42 Å². The lowest BCUT2D eigenvalue weighted by Gasteiger charge is -2.37. The molecule has 1 aromatic heterocycles. The van der Waals surface area contributed by atoms with Crippen LogP contribution in [0.15, 0.2) is 21.3 Å². The van der Waals surface area contributed by atoms with E-state index < -0.39 is 0 Å². The topological polar surface area (TPSA) is 33.5 Å². The first-order valence-electron chi connectivity index (χ1n) is 8.33. The SMILES string of the molecule is CC(C)(C)c1cc(=O)c2cc3c4c(c2o1)CCCN4CCC3. The van der Waals surface area contributed by atoms with Crippen LogP contribution in [0.25, 0.3) is 11.0 Å². The maximum atomic E-state index is 12.6. The van der Waals surface area contributed by atoms with Gasteiger partial charge in [-0.15, -0.1) is 0 Å². The van der Waals surface area contributed by atoms with Crippen molar-refractivity contribution >= 4 is 16.7 Å². The molecule has 0 saturated heterocycles. The van der Waals surface area contributed by atoms with Gasteiger partial charge < -0.3 is 9.32 Å². The predicted molar refractivity (Wildman–Crippen MR) is 90.0 cm³/mol. The van der Waals surface area contributed by atoms with Crippen molar-refractivity contribution in [2.24, 2.45) is 0 Å². The van der Waals surface area contributed by atoms with E-state index in [2.05, 4.69) is 31.7 Å². The van der Waals surface area contributed by atoms with E-state index in [0.717, 1.165) is 49.1 Å². The molecular formula is C19H23NO2. The second kappa shape index (κ2) is 4.61. The fourth-order valence-electron chi connectivity index (χ4n) is 3.84. The number of nitrogens with zero attached hydrogens (tertiary/aromatic N) is 1. The van der Waals surface area contributed by atoms with Crippen molar-refractivity contribution in [1.82, 2.24) is 0 Å². The van der Waals surface area contributed by atoms with Crippen LogP contribution in [-0.4, -0.2) is 13.1 Å². The highest BCUT2D eigenvalue weighted by molar-refractivity contribution is 5.88. The van der Waals surface area contributed by atoms with Gasteiger partial charge in [0.2, 0.25) is 0 Å². The first kappa shape index (κ1) is 13.9. The molecule has 3 heteroatoms. The van der Waals surface area contributed by atoms with E-state index in [1.807, 2.05) is 0 Å². The van der Waals surface area contributed by atoms with Crippen LogP contribution < -0.4 is 10.3 Å². The smallest absolute Gasteiger partial charge is 0.192 e. The van der Waals surface area contributed by atoms with Crippen molar-refractivity contribution in [3.63, 3.8) is 0 Å². The lowest BCUT2D eigenvalue weighted by Crippen LogP contribution is -2.34. The highest BCUT2D eigenvalue weighted by Crippen LogP contribution is 2.40. The Bertz CT molecular complexity index is 809. The van der Waals surface area contributed by atoms with Gasteiger partial charge in [-0.1, -0.05) is 20.8 Å². The molecule has 1 aromatic carbocycles. The van der Waals surface area contributed by atoms with E-state index in [-0.39, 0.29) is 10.8 Å². The van der Waals surface area contributed by atoms with E-state index in [1.165, 1.54) is 23.2 Å². The van der Waals surface area contributed by atoms with Crippen LogP contribution >= 0.6 is 0 Å². The molecule has 3 nitrogen and oxygen atoms in total. The summed E-state index contributed by atoms with van der Waals surface area (Å²) in [5.41, 5.74) is 4.76. The third kappa shape index (κ3) is 1.98. The van der Waals surface area contributed by atoms with E-state index in [1.54, 1.807) is 6.07 Å². The first-order valence-corrected chi connectivity index (χ1v) is 8.33. The van der Waals surface area contributed by atoms with Gasteiger partial charge in [0, 0.05) is 35.8 Å². The van der Waals surface area contributed by atoms with Gasteiger partial charge in [-0.25, -0.2) is 0 Å². The van der Waals surface area contributed by atoms with Crippen LogP contribution in [0.5, 0.6) is 0 Å². The van der Waals surface area contributed by atoms with Gasteiger partial charge in [0.25, 0.3) is 0 Å². The molecule has 0 saturated carbocycles. The Morgan fingerprint density at radius 2 is 1.82 bits per heavy atom. The minimum Gasteiger partial charge on any atom is -0.460 e. The molecule has 22 heavy (non-hydrogen) atoms. The van der Waals surface area contributed by atoms with Crippen LogP contribution in [0.1, 0.15) is 50.5 Å². The van der Waals surface area contributed by atoms with Crippen LogP contribution in [0.4, 0.5) is 5.69 Å². The normalized spacial score (nSPS) is 17.7. The fourth-order valence-corrected chi connectivity index (χ4v) is 3.84. The largest absolute Gasteiger partial charge is 0.460 e. The lowest BCUT2D eigenvalue weighted by atomic mass is 9.88. The molecule has 0 spiro atoms. The molecule has 0 amide bonds. The summed E-state index contributed by atoms with van der Waals surface area (Å²) >= 11 is 0. The summed E-state index contributed by atoms with van der Waals surface area (Å²) in [6.45, 7) is 8.54. The number of anilines is 1. The zero-order chi connectivity index (χ0) is 15.5. The maximum Gasteiger partial charge on any atom is 0.192 e. The third-order valence-electron chi connectivity index (χ3n) is 4.95.